The van der Waals surface area contributed by atoms with Crippen LogP contribution in [0.5, 0.6) is 0 Å². The number of hydrogen-bond donors (Lipinski definition) is 1. The summed E-state index contributed by atoms with van der Waals surface area (Å²) in [4.78, 5) is 4.62. The standard InChI is InChI=1S/C12H20N2OS/c1-9(2)12-14-11(8-16-12)3-5-13-10-4-6-15-7-10/h8-10,13H,3-7H2,1-2H3. The van der Waals surface area contributed by atoms with Gasteiger partial charge in [-0.2, -0.15) is 0 Å². The van der Waals surface area contributed by atoms with Crippen LogP contribution in [0.4, 0.5) is 0 Å². The number of rotatable bonds is 5. The molecule has 16 heavy (non-hydrogen) atoms. The van der Waals surface area contributed by atoms with Gasteiger partial charge in [0.15, 0.2) is 0 Å². The van der Waals surface area contributed by atoms with Crippen LogP contribution in [0.15, 0.2) is 5.38 Å². The molecule has 0 spiro atoms. The molecular weight excluding hydrogens is 220 g/mol. The highest BCUT2D eigenvalue weighted by atomic mass is 32.1. The van der Waals surface area contributed by atoms with E-state index in [9.17, 15) is 0 Å². The van der Waals surface area contributed by atoms with Crippen molar-refractivity contribution in [2.45, 2.75) is 38.6 Å². The van der Waals surface area contributed by atoms with Crippen molar-refractivity contribution >= 4 is 11.3 Å². The molecule has 0 radical (unpaired) electrons. The highest BCUT2D eigenvalue weighted by molar-refractivity contribution is 7.09. The van der Waals surface area contributed by atoms with Gasteiger partial charge in [-0.3, -0.25) is 0 Å². The maximum absolute atomic E-state index is 5.32. The third-order valence-electron chi connectivity index (χ3n) is 2.81. The number of aromatic nitrogens is 1. The SMILES string of the molecule is CC(C)c1nc(CCNC2CCOC2)cs1. The molecule has 4 heteroatoms. The van der Waals surface area contributed by atoms with Gasteiger partial charge in [0.2, 0.25) is 0 Å². The molecule has 0 amide bonds. The highest BCUT2D eigenvalue weighted by Gasteiger charge is 2.14. The Morgan fingerprint density at radius 2 is 2.50 bits per heavy atom. The Bertz CT molecular complexity index is 319. The largest absolute Gasteiger partial charge is 0.380 e. The van der Waals surface area contributed by atoms with E-state index in [0.717, 1.165) is 32.6 Å². The Morgan fingerprint density at radius 3 is 3.12 bits per heavy atom. The van der Waals surface area contributed by atoms with Crippen molar-refractivity contribution in [1.29, 1.82) is 0 Å². The van der Waals surface area contributed by atoms with E-state index in [1.165, 1.54) is 10.7 Å². The van der Waals surface area contributed by atoms with E-state index in [2.05, 4.69) is 29.5 Å². The van der Waals surface area contributed by atoms with Crippen molar-refractivity contribution in [2.24, 2.45) is 0 Å². The molecule has 1 aromatic heterocycles. The van der Waals surface area contributed by atoms with Gasteiger partial charge in [0.05, 0.1) is 17.3 Å². The van der Waals surface area contributed by atoms with Crippen LogP contribution in [-0.2, 0) is 11.2 Å². The summed E-state index contributed by atoms with van der Waals surface area (Å²) in [6, 6.07) is 0.559. The predicted molar refractivity (Wildman–Crippen MR) is 67.1 cm³/mol. The van der Waals surface area contributed by atoms with Crippen molar-refractivity contribution in [3.63, 3.8) is 0 Å². The van der Waals surface area contributed by atoms with Gasteiger partial charge in [0.25, 0.3) is 0 Å². The van der Waals surface area contributed by atoms with Crippen LogP contribution in [-0.4, -0.2) is 30.8 Å². The van der Waals surface area contributed by atoms with Crippen molar-refractivity contribution < 1.29 is 4.74 Å². The number of hydrogen-bond acceptors (Lipinski definition) is 4. The molecule has 1 aromatic rings. The van der Waals surface area contributed by atoms with E-state index in [1.54, 1.807) is 11.3 Å². The van der Waals surface area contributed by atoms with Crippen LogP contribution in [0.25, 0.3) is 0 Å². The van der Waals surface area contributed by atoms with Crippen LogP contribution < -0.4 is 5.32 Å². The van der Waals surface area contributed by atoms with Crippen LogP contribution in [0.2, 0.25) is 0 Å². The van der Waals surface area contributed by atoms with E-state index in [-0.39, 0.29) is 0 Å². The number of nitrogens with one attached hydrogen (secondary N) is 1. The Morgan fingerprint density at radius 1 is 1.62 bits per heavy atom. The lowest BCUT2D eigenvalue weighted by molar-refractivity contribution is 0.190. The highest BCUT2D eigenvalue weighted by Crippen LogP contribution is 2.19. The maximum atomic E-state index is 5.32. The zero-order valence-electron chi connectivity index (χ0n) is 10.0. The van der Waals surface area contributed by atoms with Gasteiger partial charge in [-0.1, -0.05) is 13.8 Å². The van der Waals surface area contributed by atoms with Gasteiger partial charge in [-0.05, 0) is 6.42 Å². The van der Waals surface area contributed by atoms with E-state index >= 15 is 0 Å². The van der Waals surface area contributed by atoms with Crippen LogP contribution >= 0.6 is 11.3 Å². The van der Waals surface area contributed by atoms with Gasteiger partial charge in [-0.25, -0.2) is 4.98 Å². The van der Waals surface area contributed by atoms with Gasteiger partial charge < -0.3 is 10.1 Å². The van der Waals surface area contributed by atoms with Crippen LogP contribution in [0.1, 0.15) is 36.9 Å². The summed E-state index contributed by atoms with van der Waals surface area (Å²) in [5.41, 5.74) is 1.22. The summed E-state index contributed by atoms with van der Waals surface area (Å²) in [5, 5.41) is 6.94. The predicted octanol–water partition coefficient (Wildman–Crippen LogP) is 2.19. The maximum Gasteiger partial charge on any atom is 0.0953 e. The molecular formula is C12H20N2OS. The van der Waals surface area contributed by atoms with Crippen LogP contribution in [0, 0.1) is 0 Å². The zero-order valence-corrected chi connectivity index (χ0v) is 10.8. The molecule has 0 bridgehead atoms. The average molecular weight is 240 g/mol. The number of nitrogens with zero attached hydrogens (tertiary/aromatic N) is 1. The van der Waals surface area contributed by atoms with E-state index in [4.69, 9.17) is 4.74 Å². The molecule has 2 heterocycles. The summed E-state index contributed by atoms with van der Waals surface area (Å²) < 4.78 is 5.32. The quantitative estimate of drug-likeness (QED) is 0.856. The minimum Gasteiger partial charge on any atom is -0.380 e. The van der Waals surface area contributed by atoms with Crippen LogP contribution in [0.3, 0.4) is 0 Å². The fourth-order valence-electron chi connectivity index (χ4n) is 1.80. The number of thiazole rings is 1. The summed E-state index contributed by atoms with van der Waals surface area (Å²) in [7, 11) is 0. The molecule has 0 aromatic carbocycles. The molecule has 90 valence electrons. The second kappa shape index (κ2) is 5.75. The molecule has 0 aliphatic carbocycles. The second-order valence-electron chi connectivity index (χ2n) is 4.60. The van der Waals surface area contributed by atoms with E-state index in [0.29, 0.717) is 12.0 Å². The first-order chi connectivity index (χ1) is 7.75. The van der Waals surface area contributed by atoms with Gasteiger partial charge >= 0.3 is 0 Å². The lowest BCUT2D eigenvalue weighted by Gasteiger charge is -2.08. The molecule has 1 unspecified atom stereocenters. The zero-order chi connectivity index (χ0) is 11.4. The molecule has 0 saturated carbocycles. The topological polar surface area (TPSA) is 34.2 Å². The average Bonchev–Trinajstić information content (AvgIpc) is 2.87. The number of ether oxygens (including phenoxy) is 1. The molecule has 1 aliphatic heterocycles. The molecule has 1 saturated heterocycles. The molecule has 3 nitrogen and oxygen atoms in total. The smallest absolute Gasteiger partial charge is 0.0953 e. The minimum atomic E-state index is 0.551. The Hall–Kier alpha value is -0.450. The van der Waals surface area contributed by atoms with Gasteiger partial charge in [-0.15, -0.1) is 11.3 Å². The molecule has 1 aliphatic rings. The summed E-state index contributed by atoms with van der Waals surface area (Å²) >= 11 is 1.78. The minimum absolute atomic E-state index is 0.551. The van der Waals surface area contributed by atoms with E-state index in [1.807, 2.05) is 0 Å². The lowest BCUT2D eigenvalue weighted by Crippen LogP contribution is -2.30. The van der Waals surface area contributed by atoms with Crippen molar-refractivity contribution in [1.82, 2.24) is 10.3 Å². The second-order valence-corrected chi connectivity index (χ2v) is 5.49. The fourth-order valence-corrected chi connectivity index (χ4v) is 2.67. The lowest BCUT2D eigenvalue weighted by atomic mass is 10.2. The Labute approximate surface area is 101 Å². The Kier molecular flexibility index (Phi) is 4.32. The summed E-state index contributed by atoms with van der Waals surface area (Å²) in [5.74, 6) is 0.551. The molecule has 1 atom stereocenters. The third kappa shape index (κ3) is 3.27. The monoisotopic (exact) mass is 240 g/mol. The van der Waals surface area contributed by atoms with Crippen molar-refractivity contribution in [2.75, 3.05) is 19.8 Å². The summed E-state index contributed by atoms with van der Waals surface area (Å²) in [6.45, 7) is 7.17. The fraction of sp³-hybridized carbons (Fsp3) is 0.750. The first-order valence-electron chi connectivity index (χ1n) is 6.01. The molecule has 1 fully saturated rings. The molecule has 1 N–H and O–H groups in total. The first-order valence-corrected chi connectivity index (χ1v) is 6.89. The first kappa shape index (κ1) is 12.0. The molecule has 2 rings (SSSR count). The van der Waals surface area contributed by atoms with Crippen molar-refractivity contribution in [3.05, 3.63) is 16.1 Å². The summed E-state index contributed by atoms with van der Waals surface area (Å²) in [6.07, 6.45) is 2.17. The third-order valence-corrected chi connectivity index (χ3v) is 4.00. The Balaban J connectivity index is 1.72. The van der Waals surface area contributed by atoms with E-state index < -0.39 is 0 Å². The van der Waals surface area contributed by atoms with Crippen molar-refractivity contribution in [3.8, 4) is 0 Å². The van der Waals surface area contributed by atoms with Gasteiger partial charge in [0.1, 0.15) is 0 Å². The normalized spacial score (nSPS) is 20.8. The van der Waals surface area contributed by atoms with Gasteiger partial charge in [0, 0.05) is 36.9 Å².